The van der Waals surface area contributed by atoms with Crippen LogP contribution in [-0.2, 0) is 31.2 Å². The zero-order chi connectivity index (χ0) is 28.8. The molecule has 2 aliphatic heterocycles. The molecule has 4 heterocycles. The van der Waals surface area contributed by atoms with Crippen LogP contribution < -0.4 is 4.74 Å². The van der Waals surface area contributed by atoms with E-state index in [1.807, 2.05) is 38.2 Å². The molecular weight excluding hydrogens is 665 g/mol. The Kier molecular flexibility index (Phi) is 5.20. The number of nitrogens with zero attached hydrogens (tertiary/aromatic N) is 3. The summed E-state index contributed by atoms with van der Waals surface area (Å²) in [5, 5.41) is 2.28. The molecule has 2 aromatic heterocycles. The molecule has 0 bridgehead atoms. The minimum Gasteiger partial charge on any atom is -0.518 e. The van der Waals surface area contributed by atoms with E-state index in [0.29, 0.717) is 17.1 Å². The third-order valence-corrected chi connectivity index (χ3v) is 7.62. The van der Waals surface area contributed by atoms with Crippen LogP contribution in [0, 0.1) is 32.9 Å². The number of aryl methyl sites for hydroxylation is 3. The van der Waals surface area contributed by atoms with Crippen LogP contribution in [0.15, 0.2) is 53.7 Å². The van der Waals surface area contributed by atoms with Crippen LogP contribution in [0.5, 0.6) is 11.5 Å². The van der Waals surface area contributed by atoms with Crippen molar-refractivity contribution in [3.8, 4) is 17.3 Å². The third kappa shape index (κ3) is 3.93. The fourth-order valence-electron chi connectivity index (χ4n) is 5.83. The van der Waals surface area contributed by atoms with Crippen LogP contribution in [-0.4, -0.2) is 28.1 Å². The number of hydrogen-bond donors (Lipinski definition) is 0. The van der Waals surface area contributed by atoms with E-state index in [4.69, 9.17) is 18.6 Å². The Bertz CT molecular complexity index is 1940. The van der Waals surface area contributed by atoms with Gasteiger partial charge >= 0.3 is 21.1 Å². The van der Waals surface area contributed by atoms with Gasteiger partial charge in [-0.1, -0.05) is 74.7 Å². The summed E-state index contributed by atoms with van der Waals surface area (Å²) in [5.74, 6) is 2.24. The smallest absolute Gasteiger partial charge is 0.518 e. The largest absolute Gasteiger partial charge is 2.00 e. The van der Waals surface area contributed by atoms with Crippen molar-refractivity contribution in [2.24, 2.45) is 4.99 Å². The predicted octanol–water partition coefficient (Wildman–Crippen LogP) is 7.30. The second kappa shape index (κ2) is 9.06. The van der Waals surface area contributed by atoms with Crippen molar-refractivity contribution in [2.75, 3.05) is 6.61 Å². The summed E-state index contributed by atoms with van der Waals surface area (Å²) in [5.41, 5.74) is 7.91. The number of hydrogen-bond acceptors (Lipinski definition) is 4. The number of aromatic nitrogens is 2. The molecule has 0 saturated carbocycles. The summed E-state index contributed by atoms with van der Waals surface area (Å²) in [7, 11) is 0. The molecule has 1 atom stereocenters. The molecule has 39 heavy (non-hydrogen) atoms. The average molecular weight is 698 g/mol. The van der Waals surface area contributed by atoms with Crippen molar-refractivity contribution in [3.05, 3.63) is 94.2 Å². The van der Waals surface area contributed by atoms with Crippen molar-refractivity contribution in [2.45, 2.75) is 52.9 Å². The molecule has 0 fully saturated rings. The van der Waals surface area contributed by atoms with Crippen LogP contribution in [0.4, 0.5) is 0 Å². The van der Waals surface area contributed by atoms with Crippen molar-refractivity contribution in [1.29, 1.82) is 0 Å². The maximum absolute atomic E-state index is 7.67. The quantitative estimate of drug-likeness (QED) is 0.186. The summed E-state index contributed by atoms with van der Waals surface area (Å²) in [6.07, 6.45) is 1.84. The Balaban J connectivity index is 0.00000316. The van der Waals surface area contributed by atoms with Crippen molar-refractivity contribution in [3.63, 3.8) is 0 Å². The zero-order valence-electron chi connectivity index (χ0n) is 25.4. The molecule has 198 valence electrons. The van der Waals surface area contributed by atoms with E-state index in [1.54, 1.807) is 0 Å². The Labute approximate surface area is 247 Å². The molecule has 6 heteroatoms. The molecule has 0 aliphatic carbocycles. The standard InChI is InChI=1S/C33H29N3O2.Pt/c1-18-10-22(32-35-21(4)17-37-32)15-23(11-18)38-29-16-28-24(14-20(29)3)25-12-19(2)13-27-30(25)36(28)31-26(33(27,5)6)8-7-9-34-31;/h7-14,21H,17H2,1-6H3;/q-2;+2/t21-;/m1./s1/i4D3;. The van der Waals surface area contributed by atoms with Crippen LogP contribution in [0.25, 0.3) is 27.6 Å². The first-order valence-corrected chi connectivity index (χ1v) is 12.8. The minimum absolute atomic E-state index is 0. The number of benzene rings is 3. The zero-order valence-corrected chi connectivity index (χ0v) is 24.6. The van der Waals surface area contributed by atoms with Gasteiger partial charge in [-0.2, -0.15) is 6.07 Å². The van der Waals surface area contributed by atoms with Gasteiger partial charge in [0.05, 0.1) is 12.6 Å². The summed E-state index contributed by atoms with van der Waals surface area (Å²) >= 11 is 0. The Morgan fingerprint density at radius 3 is 2.67 bits per heavy atom. The molecule has 3 aromatic carbocycles. The molecule has 0 radical (unpaired) electrons. The van der Waals surface area contributed by atoms with E-state index in [2.05, 4.69) is 66.7 Å². The topological polar surface area (TPSA) is 48.6 Å². The van der Waals surface area contributed by atoms with E-state index in [1.165, 1.54) is 16.5 Å². The second-order valence-electron chi connectivity index (χ2n) is 10.9. The minimum atomic E-state index is -2.21. The summed E-state index contributed by atoms with van der Waals surface area (Å²) in [6.45, 7) is 8.43. The summed E-state index contributed by atoms with van der Waals surface area (Å²) in [4.78, 5) is 9.15. The Hall–Kier alpha value is -3.43. The number of ether oxygens (including phenoxy) is 2. The average Bonchev–Trinajstić information content (AvgIpc) is 3.52. The fraction of sp³-hybridized carbons (Fsp3) is 0.273. The first-order chi connectivity index (χ1) is 19.4. The predicted molar refractivity (Wildman–Crippen MR) is 151 cm³/mol. The Morgan fingerprint density at radius 2 is 1.87 bits per heavy atom. The molecule has 0 saturated heterocycles. The van der Waals surface area contributed by atoms with E-state index < -0.39 is 12.9 Å². The van der Waals surface area contributed by atoms with Gasteiger partial charge in [0.25, 0.3) is 0 Å². The van der Waals surface area contributed by atoms with Crippen LogP contribution in [0.3, 0.4) is 0 Å². The third-order valence-electron chi connectivity index (χ3n) is 7.62. The maximum atomic E-state index is 7.67. The molecule has 0 N–H and O–H groups in total. The van der Waals surface area contributed by atoms with Gasteiger partial charge in [0.15, 0.2) is 0 Å². The molecule has 0 spiro atoms. The van der Waals surface area contributed by atoms with Gasteiger partial charge in [-0.25, -0.2) is 4.98 Å². The van der Waals surface area contributed by atoms with Gasteiger partial charge < -0.3 is 14.0 Å². The molecule has 5 nitrogen and oxygen atoms in total. The van der Waals surface area contributed by atoms with Gasteiger partial charge in [0.1, 0.15) is 11.7 Å². The molecule has 0 amide bonds. The van der Waals surface area contributed by atoms with Crippen LogP contribution in [0.2, 0.25) is 0 Å². The molecule has 7 rings (SSSR count). The van der Waals surface area contributed by atoms with Gasteiger partial charge in [-0.3, -0.25) is 4.99 Å². The number of rotatable bonds is 3. The summed E-state index contributed by atoms with van der Waals surface area (Å²) in [6, 6.07) is 20.5. The number of aliphatic imine (C=N–C) groups is 1. The van der Waals surface area contributed by atoms with Crippen molar-refractivity contribution in [1.82, 2.24) is 9.55 Å². The first-order valence-electron chi connectivity index (χ1n) is 14.3. The molecule has 0 unspecified atom stereocenters. The van der Waals surface area contributed by atoms with Crippen molar-refractivity contribution < 1.29 is 34.7 Å². The SMILES string of the molecule is [2H]C([2H])([2H])[C@@H]1COC(c2[c-]c(Oc3[c-]c4c(cc3C)c3cc(C)cc5c3n4-c3ncccc3C5(C)C)cc(C)c2)=N1.[Pt+2]. The fourth-order valence-corrected chi connectivity index (χ4v) is 5.83. The number of fused-ring (bicyclic) bond motifs is 5. The van der Waals surface area contributed by atoms with E-state index in [0.717, 1.165) is 38.9 Å². The van der Waals surface area contributed by atoms with Gasteiger partial charge in [0, 0.05) is 38.3 Å². The molecule has 2 aliphatic rings. The number of pyridine rings is 1. The van der Waals surface area contributed by atoms with Gasteiger partial charge in [0.2, 0.25) is 0 Å². The van der Waals surface area contributed by atoms with E-state index >= 15 is 0 Å². The normalized spacial score (nSPS) is 18.4. The van der Waals surface area contributed by atoms with Crippen LogP contribution in [0.1, 0.15) is 58.2 Å². The van der Waals surface area contributed by atoms with Crippen molar-refractivity contribution >= 4 is 27.7 Å². The van der Waals surface area contributed by atoms with E-state index in [-0.39, 0.29) is 39.0 Å². The first kappa shape index (κ1) is 22.4. The molecule has 5 aromatic rings. The van der Waals surface area contributed by atoms with Gasteiger partial charge in [-0.15, -0.1) is 28.6 Å². The monoisotopic (exact) mass is 697 g/mol. The van der Waals surface area contributed by atoms with Gasteiger partial charge in [-0.05, 0) is 30.8 Å². The maximum Gasteiger partial charge on any atom is 2.00 e. The Morgan fingerprint density at radius 1 is 1.05 bits per heavy atom. The second-order valence-corrected chi connectivity index (χ2v) is 10.9. The van der Waals surface area contributed by atoms with Crippen LogP contribution >= 0.6 is 0 Å². The molecular formula is C33H29N3O2Pt. The van der Waals surface area contributed by atoms with E-state index in [9.17, 15) is 0 Å². The summed E-state index contributed by atoms with van der Waals surface area (Å²) < 4.78 is 37.3.